The number of aromatic hydroxyl groups is 1. The predicted molar refractivity (Wildman–Crippen MR) is 156 cm³/mol. The minimum Gasteiger partial charge on any atom is -0.504 e. The van der Waals surface area contributed by atoms with Gasteiger partial charge in [-0.3, -0.25) is 0 Å². The topological polar surface area (TPSA) is 52.9 Å². The number of likely N-dealkylation sites (tertiary alicyclic amines) is 1. The van der Waals surface area contributed by atoms with Crippen LogP contribution in [-0.4, -0.2) is 47.0 Å². The van der Waals surface area contributed by atoms with Crippen LogP contribution in [0.5, 0.6) is 11.5 Å². The van der Waals surface area contributed by atoms with Gasteiger partial charge in [-0.15, -0.1) is 0 Å². The van der Waals surface area contributed by atoms with Crippen LogP contribution in [0.1, 0.15) is 39.8 Å². The number of likely N-dealkylation sites (N-methyl/N-ethyl adjacent to an activating group) is 1. The Labute approximate surface area is 235 Å². The molecule has 2 heterocycles. The first-order valence-corrected chi connectivity index (χ1v) is 14.4. The number of hydrogen-bond acceptors (Lipinski definition) is 4. The second kappa shape index (κ2) is 8.57. The van der Waals surface area contributed by atoms with Crippen LogP contribution in [0.25, 0.3) is 0 Å². The Hall–Kier alpha value is -3.86. The molecule has 5 atom stereocenters. The lowest BCUT2D eigenvalue weighted by Gasteiger charge is -2.57. The fourth-order valence-electron chi connectivity index (χ4n) is 8.69. The summed E-state index contributed by atoms with van der Waals surface area (Å²) in [6.07, 6.45) is 4.78. The van der Waals surface area contributed by atoms with Gasteiger partial charge in [0, 0.05) is 22.9 Å². The third-order valence-corrected chi connectivity index (χ3v) is 10.3. The molecule has 4 aliphatic rings. The third-order valence-electron chi connectivity index (χ3n) is 10.3. The molecule has 4 aromatic carbocycles. The van der Waals surface area contributed by atoms with Crippen molar-refractivity contribution in [3.63, 3.8) is 0 Å². The summed E-state index contributed by atoms with van der Waals surface area (Å²) in [6, 6.07) is 34.3. The second-order valence-electron chi connectivity index (χ2n) is 12.0. The molecular weight excluding hydrogens is 494 g/mol. The number of rotatable bonds is 4. The van der Waals surface area contributed by atoms with E-state index < -0.39 is 17.6 Å². The SMILES string of the molecule is CN1CC[C@]23c4c5c(C(c6ccccc6)(c6ccccc6)c6ccccc6)cc(O)c4O[C@H]2[C@@H](O)C=C[C@H]3[C@H]1C5. The van der Waals surface area contributed by atoms with Gasteiger partial charge in [-0.05, 0) is 60.3 Å². The zero-order valence-electron chi connectivity index (χ0n) is 22.6. The van der Waals surface area contributed by atoms with E-state index in [1.807, 2.05) is 12.1 Å². The number of aliphatic hydroxyl groups is 1. The van der Waals surface area contributed by atoms with Gasteiger partial charge < -0.3 is 19.8 Å². The molecule has 2 aliphatic carbocycles. The van der Waals surface area contributed by atoms with E-state index >= 15 is 0 Å². The Kier molecular flexibility index (Phi) is 5.14. The molecule has 1 fully saturated rings. The molecular formula is C36H33NO3. The lowest BCUT2D eigenvalue weighted by atomic mass is 9.51. The fourth-order valence-corrected chi connectivity index (χ4v) is 8.69. The van der Waals surface area contributed by atoms with Gasteiger partial charge in [-0.25, -0.2) is 0 Å². The molecule has 2 bridgehead atoms. The summed E-state index contributed by atoms with van der Waals surface area (Å²) < 4.78 is 6.57. The molecule has 0 radical (unpaired) electrons. The highest BCUT2D eigenvalue weighted by Crippen LogP contribution is 2.64. The van der Waals surface area contributed by atoms with Crippen molar-refractivity contribution in [3.8, 4) is 11.5 Å². The largest absolute Gasteiger partial charge is 0.504 e. The van der Waals surface area contributed by atoms with E-state index in [4.69, 9.17) is 4.74 Å². The average Bonchev–Trinajstić information content (AvgIpc) is 3.36. The Morgan fingerprint density at radius 3 is 2.00 bits per heavy atom. The number of hydrogen-bond donors (Lipinski definition) is 2. The first-order chi connectivity index (χ1) is 19.6. The zero-order chi connectivity index (χ0) is 27.1. The molecule has 40 heavy (non-hydrogen) atoms. The third kappa shape index (κ3) is 2.93. The van der Waals surface area contributed by atoms with Crippen LogP contribution < -0.4 is 4.74 Å². The summed E-state index contributed by atoms with van der Waals surface area (Å²) >= 11 is 0. The normalized spacial score (nSPS) is 28.1. The van der Waals surface area contributed by atoms with Crippen molar-refractivity contribution < 1.29 is 14.9 Å². The van der Waals surface area contributed by atoms with Crippen molar-refractivity contribution in [1.82, 2.24) is 4.90 Å². The highest BCUT2D eigenvalue weighted by Gasteiger charge is 2.65. The van der Waals surface area contributed by atoms with E-state index in [1.165, 1.54) is 5.56 Å². The minimum absolute atomic E-state index is 0.160. The molecule has 0 amide bonds. The molecule has 1 spiro atoms. The summed E-state index contributed by atoms with van der Waals surface area (Å²) in [5.74, 6) is 0.957. The predicted octanol–water partition coefficient (Wildman–Crippen LogP) is 5.58. The second-order valence-corrected chi connectivity index (χ2v) is 12.0. The number of ether oxygens (including phenoxy) is 1. The van der Waals surface area contributed by atoms with Gasteiger partial charge in [-0.2, -0.15) is 0 Å². The van der Waals surface area contributed by atoms with Crippen LogP contribution in [0.3, 0.4) is 0 Å². The van der Waals surface area contributed by atoms with Crippen LogP contribution in [0.2, 0.25) is 0 Å². The molecule has 0 aromatic heterocycles. The maximum absolute atomic E-state index is 11.8. The highest BCUT2D eigenvalue weighted by molar-refractivity contribution is 5.71. The molecule has 0 saturated carbocycles. The molecule has 2 aliphatic heterocycles. The van der Waals surface area contributed by atoms with E-state index in [0.717, 1.165) is 47.2 Å². The summed E-state index contributed by atoms with van der Waals surface area (Å²) in [5.41, 5.74) is 5.90. The summed E-state index contributed by atoms with van der Waals surface area (Å²) in [5, 5.41) is 23.0. The van der Waals surface area contributed by atoms with Gasteiger partial charge in [0.05, 0.1) is 5.41 Å². The monoisotopic (exact) mass is 527 g/mol. The number of nitrogens with zero attached hydrogens (tertiary/aromatic N) is 1. The van der Waals surface area contributed by atoms with E-state index in [9.17, 15) is 10.2 Å². The molecule has 200 valence electrons. The van der Waals surface area contributed by atoms with Crippen molar-refractivity contribution >= 4 is 0 Å². The lowest BCUT2D eigenvalue weighted by molar-refractivity contribution is -0.0454. The number of phenols is 1. The molecule has 1 saturated heterocycles. The maximum Gasteiger partial charge on any atom is 0.165 e. The Morgan fingerprint density at radius 1 is 0.850 bits per heavy atom. The maximum atomic E-state index is 11.8. The van der Waals surface area contributed by atoms with Gasteiger partial charge in [0.15, 0.2) is 11.5 Å². The van der Waals surface area contributed by atoms with Crippen molar-refractivity contribution in [3.05, 3.63) is 143 Å². The van der Waals surface area contributed by atoms with Crippen LogP contribution in [0.4, 0.5) is 0 Å². The van der Waals surface area contributed by atoms with Gasteiger partial charge >= 0.3 is 0 Å². The van der Waals surface area contributed by atoms with Crippen molar-refractivity contribution in [2.45, 2.75) is 41.9 Å². The highest BCUT2D eigenvalue weighted by atomic mass is 16.5. The number of phenolic OH excluding ortho intramolecular Hbond substituents is 1. The zero-order valence-corrected chi connectivity index (χ0v) is 22.6. The molecule has 4 nitrogen and oxygen atoms in total. The van der Waals surface area contributed by atoms with E-state index in [0.29, 0.717) is 5.75 Å². The van der Waals surface area contributed by atoms with Crippen molar-refractivity contribution in [1.29, 1.82) is 0 Å². The average molecular weight is 528 g/mol. The summed E-state index contributed by atoms with van der Waals surface area (Å²) in [7, 11) is 2.23. The van der Waals surface area contributed by atoms with Crippen LogP contribution in [0, 0.1) is 5.92 Å². The van der Waals surface area contributed by atoms with E-state index in [-0.39, 0.29) is 23.1 Å². The number of piperidine rings is 1. The van der Waals surface area contributed by atoms with E-state index in [1.54, 1.807) is 0 Å². The Morgan fingerprint density at radius 2 is 1.43 bits per heavy atom. The smallest absolute Gasteiger partial charge is 0.165 e. The van der Waals surface area contributed by atoms with Crippen molar-refractivity contribution in [2.24, 2.45) is 5.92 Å². The molecule has 0 unspecified atom stereocenters. The summed E-state index contributed by atoms with van der Waals surface area (Å²) in [6.45, 7) is 0.937. The Balaban J connectivity index is 1.53. The lowest BCUT2D eigenvalue weighted by Crippen LogP contribution is -2.65. The van der Waals surface area contributed by atoms with Gasteiger partial charge in [0.1, 0.15) is 12.2 Å². The van der Waals surface area contributed by atoms with Gasteiger partial charge in [0.25, 0.3) is 0 Å². The van der Waals surface area contributed by atoms with Gasteiger partial charge in [-0.1, -0.05) is 103 Å². The molecule has 4 heteroatoms. The van der Waals surface area contributed by atoms with Crippen LogP contribution in [-0.2, 0) is 17.3 Å². The number of benzene rings is 4. The van der Waals surface area contributed by atoms with Crippen LogP contribution >= 0.6 is 0 Å². The fraction of sp³-hybridized carbons (Fsp3) is 0.278. The van der Waals surface area contributed by atoms with Crippen LogP contribution in [0.15, 0.2) is 109 Å². The first kappa shape index (κ1) is 24.0. The summed E-state index contributed by atoms with van der Waals surface area (Å²) in [4.78, 5) is 2.49. The first-order valence-electron chi connectivity index (χ1n) is 14.4. The van der Waals surface area contributed by atoms with E-state index in [2.05, 4.69) is 109 Å². The van der Waals surface area contributed by atoms with Gasteiger partial charge in [0.2, 0.25) is 0 Å². The molecule has 2 N–H and O–H groups in total. The Bertz CT molecular complexity index is 1520. The molecule has 8 rings (SSSR count). The number of aliphatic hydroxyl groups excluding tert-OH is 1. The molecule has 4 aromatic rings. The quantitative estimate of drug-likeness (QED) is 0.269. The standard InChI is InChI=1S/C36H33NO3/c1-37-20-19-35-27-17-18-30(38)34(35)40-33-31(39)22-28(26(32(33)35)21-29(27)37)36(23-11-5-2-6-12-23,24-13-7-3-8-14-24)25-15-9-4-10-16-25/h2-18,22,27,29-30,34,38-39H,19-21H2,1H3/t27-,29+,30-,34-,35-/m0/s1. The minimum atomic E-state index is -0.705. The van der Waals surface area contributed by atoms with Crippen molar-refractivity contribution in [2.75, 3.05) is 13.6 Å².